The number of carbonyl (C=O) groups excluding carboxylic acids is 1. The number of amidine groups is 1. The molecule has 3 atom stereocenters. The lowest BCUT2D eigenvalue weighted by Crippen LogP contribution is -2.47. The van der Waals surface area contributed by atoms with Crippen LogP contribution >= 0.6 is 0 Å². The Balaban J connectivity index is 1.25. The summed E-state index contributed by atoms with van der Waals surface area (Å²) in [4.78, 5) is 27.1. The number of imidazole rings is 1. The summed E-state index contributed by atoms with van der Waals surface area (Å²) < 4.78 is 1.98. The lowest BCUT2D eigenvalue weighted by atomic mass is 10.1. The van der Waals surface area contributed by atoms with Crippen molar-refractivity contribution >= 4 is 11.7 Å². The second kappa shape index (κ2) is 5.24. The molecular formula is C19H27N5O2. The molecule has 0 spiro atoms. The average molecular weight is 357 g/mol. The van der Waals surface area contributed by atoms with E-state index in [1.165, 1.54) is 12.8 Å². The van der Waals surface area contributed by atoms with E-state index in [4.69, 9.17) is 4.84 Å². The Kier molecular flexibility index (Phi) is 3.25. The first-order valence-electron chi connectivity index (χ1n) is 9.75. The van der Waals surface area contributed by atoms with Crippen molar-refractivity contribution in [3.63, 3.8) is 0 Å². The lowest BCUT2D eigenvalue weighted by molar-refractivity contribution is -0.0718. The van der Waals surface area contributed by atoms with Gasteiger partial charge in [-0.25, -0.2) is 4.98 Å². The molecule has 2 aliphatic heterocycles. The fraction of sp³-hybridized carbons (Fsp3) is 0.737. The third kappa shape index (κ3) is 2.36. The van der Waals surface area contributed by atoms with Crippen LogP contribution in [-0.2, 0) is 4.84 Å². The Morgan fingerprint density at radius 1 is 1.27 bits per heavy atom. The minimum absolute atomic E-state index is 0.0549. The molecule has 5 rings (SSSR count). The third-order valence-corrected chi connectivity index (χ3v) is 6.30. The Bertz CT molecular complexity index is 767. The summed E-state index contributed by atoms with van der Waals surface area (Å²) in [5, 5.41) is 4.45. The van der Waals surface area contributed by atoms with Crippen molar-refractivity contribution in [2.75, 3.05) is 13.1 Å². The fourth-order valence-electron chi connectivity index (χ4n) is 4.67. The molecule has 3 heterocycles. The van der Waals surface area contributed by atoms with E-state index in [1.54, 1.807) is 6.33 Å². The summed E-state index contributed by atoms with van der Waals surface area (Å²) >= 11 is 0. The molecule has 7 heteroatoms. The van der Waals surface area contributed by atoms with Gasteiger partial charge in [-0.3, -0.25) is 4.79 Å². The van der Waals surface area contributed by atoms with Crippen LogP contribution in [-0.4, -0.2) is 56.0 Å². The quantitative estimate of drug-likeness (QED) is 0.830. The monoisotopic (exact) mass is 357 g/mol. The van der Waals surface area contributed by atoms with E-state index in [-0.39, 0.29) is 11.6 Å². The maximum absolute atomic E-state index is 12.7. The van der Waals surface area contributed by atoms with Crippen LogP contribution in [0.5, 0.6) is 0 Å². The Labute approximate surface area is 154 Å². The molecule has 0 N–H and O–H groups in total. The molecule has 7 nitrogen and oxygen atoms in total. The van der Waals surface area contributed by atoms with Crippen LogP contribution in [0.3, 0.4) is 0 Å². The summed E-state index contributed by atoms with van der Waals surface area (Å²) in [5.74, 6) is 2.67. The standard InChI is InChI=1S/C19H27N5O2/c1-11(2)23-9-15(20-10-23)18(25)22-7-13-14(8-22)16(13)17-21-26-19(3,4)24(17)12-5-6-12/h9-14,16H,5-8H2,1-4H3/t13-,14+,16?. The smallest absolute Gasteiger partial charge is 0.274 e. The highest BCUT2D eigenvalue weighted by atomic mass is 16.7. The first-order valence-corrected chi connectivity index (χ1v) is 9.75. The highest BCUT2D eigenvalue weighted by Gasteiger charge is 2.63. The van der Waals surface area contributed by atoms with E-state index in [1.807, 2.05) is 15.7 Å². The number of carbonyl (C=O) groups is 1. The predicted molar refractivity (Wildman–Crippen MR) is 96.4 cm³/mol. The van der Waals surface area contributed by atoms with E-state index in [9.17, 15) is 4.79 Å². The van der Waals surface area contributed by atoms with Crippen LogP contribution in [0.15, 0.2) is 17.7 Å². The highest BCUT2D eigenvalue weighted by Crippen LogP contribution is 2.55. The van der Waals surface area contributed by atoms with Gasteiger partial charge in [-0.05, 0) is 52.4 Å². The molecule has 0 radical (unpaired) electrons. The van der Waals surface area contributed by atoms with E-state index < -0.39 is 0 Å². The number of piperidine rings is 1. The zero-order valence-corrected chi connectivity index (χ0v) is 15.9. The normalized spacial score (nSPS) is 31.9. The molecule has 0 aromatic carbocycles. The number of fused-ring (bicyclic) bond motifs is 1. The van der Waals surface area contributed by atoms with E-state index >= 15 is 0 Å². The summed E-state index contributed by atoms with van der Waals surface area (Å²) in [7, 11) is 0. The second-order valence-electron chi connectivity index (χ2n) is 8.95. The Hall–Kier alpha value is -2.05. The fourth-order valence-corrected chi connectivity index (χ4v) is 4.67. The van der Waals surface area contributed by atoms with Gasteiger partial charge in [-0.15, -0.1) is 0 Å². The van der Waals surface area contributed by atoms with E-state index in [0.717, 1.165) is 18.9 Å². The molecule has 2 aliphatic carbocycles. The van der Waals surface area contributed by atoms with Crippen LogP contribution in [0, 0.1) is 17.8 Å². The topological polar surface area (TPSA) is 63.0 Å². The molecule has 26 heavy (non-hydrogen) atoms. The van der Waals surface area contributed by atoms with Gasteiger partial charge in [-0.2, -0.15) is 0 Å². The van der Waals surface area contributed by atoms with Gasteiger partial charge in [0, 0.05) is 37.3 Å². The van der Waals surface area contributed by atoms with Crippen LogP contribution in [0.1, 0.15) is 57.1 Å². The second-order valence-corrected chi connectivity index (χ2v) is 8.95. The molecule has 0 bridgehead atoms. The number of aromatic nitrogens is 2. The number of rotatable bonds is 4. The number of nitrogens with zero attached hydrogens (tertiary/aromatic N) is 5. The average Bonchev–Trinajstić information content (AvgIpc) is 3.35. The van der Waals surface area contributed by atoms with Gasteiger partial charge in [0.2, 0.25) is 5.72 Å². The van der Waals surface area contributed by atoms with Crippen molar-refractivity contribution in [3.8, 4) is 0 Å². The van der Waals surface area contributed by atoms with Gasteiger partial charge in [0.05, 0.1) is 6.33 Å². The van der Waals surface area contributed by atoms with Crippen LogP contribution in [0.2, 0.25) is 0 Å². The lowest BCUT2D eigenvalue weighted by Gasteiger charge is -2.32. The van der Waals surface area contributed by atoms with E-state index in [2.05, 4.69) is 42.7 Å². The SMILES string of the molecule is CC(C)n1cnc(C(=O)N2C[C@@H]3C(C4=NOC(C)(C)N4C4CC4)[C@@H]3C2)c1. The van der Waals surface area contributed by atoms with Crippen molar-refractivity contribution in [1.29, 1.82) is 0 Å². The van der Waals surface area contributed by atoms with Gasteiger partial charge in [0.1, 0.15) is 5.69 Å². The predicted octanol–water partition coefficient (Wildman–Crippen LogP) is 2.33. The van der Waals surface area contributed by atoms with E-state index in [0.29, 0.717) is 35.5 Å². The van der Waals surface area contributed by atoms with Gasteiger partial charge >= 0.3 is 0 Å². The first-order chi connectivity index (χ1) is 12.4. The minimum atomic E-state index is -0.327. The number of amides is 1. The molecule has 1 unspecified atom stereocenters. The number of likely N-dealkylation sites (tertiary alicyclic amines) is 1. The van der Waals surface area contributed by atoms with Gasteiger partial charge in [0.15, 0.2) is 5.84 Å². The molecule has 140 valence electrons. The van der Waals surface area contributed by atoms with Crippen LogP contribution in [0.4, 0.5) is 0 Å². The van der Waals surface area contributed by atoms with Crippen molar-refractivity contribution < 1.29 is 9.63 Å². The molecular weight excluding hydrogens is 330 g/mol. The van der Waals surface area contributed by atoms with Crippen molar-refractivity contribution in [3.05, 3.63) is 18.2 Å². The molecule has 2 saturated carbocycles. The maximum Gasteiger partial charge on any atom is 0.274 e. The third-order valence-electron chi connectivity index (χ3n) is 6.30. The number of oxime groups is 1. The molecule has 1 aromatic rings. The minimum Gasteiger partial charge on any atom is -0.366 e. The highest BCUT2D eigenvalue weighted by molar-refractivity contribution is 5.94. The summed E-state index contributed by atoms with van der Waals surface area (Å²) in [5.41, 5.74) is 0.228. The number of hydrogen-bond donors (Lipinski definition) is 0. The largest absolute Gasteiger partial charge is 0.366 e. The first kappa shape index (κ1) is 16.1. The molecule has 1 saturated heterocycles. The zero-order chi connectivity index (χ0) is 18.2. The van der Waals surface area contributed by atoms with Gasteiger partial charge in [0.25, 0.3) is 5.91 Å². The van der Waals surface area contributed by atoms with Crippen LogP contribution < -0.4 is 0 Å². The molecule has 4 aliphatic rings. The summed E-state index contributed by atoms with van der Waals surface area (Å²) in [6.07, 6.45) is 6.08. The van der Waals surface area contributed by atoms with Crippen LogP contribution in [0.25, 0.3) is 0 Å². The Morgan fingerprint density at radius 2 is 1.96 bits per heavy atom. The molecule has 1 amide bonds. The molecule has 1 aromatic heterocycles. The molecule has 3 fully saturated rings. The van der Waals surface area contributed by atoms with Gasteiger partial charge in [-0.1, -0.05) is 5.16 Å². The van der Waals surface area contributed by atoms with Crippen molar-refractivity contribution in [2.45, 2.75) is 58.3 Å². The summed E-state index contributed by atoms with van der Waals surface area (Å²) in [6, 6.07) is 0.905. The zero-order valence-electron chi connectivity index (χ0n) is 15.9. The van der Waals surface area contributed by atoms with Crippen molar-refractivity contribution in [2.24, 2.45) is 22.9 Å². The summed E-state index contributed by atoms with van der Waals surface area (Å²) in [6.45, 7) is 9.98. The Morgan fingerprint density at radius 3 is 2.54 bits per heavy atom. The number of hydrogen-bond acceptors (Lipinski definition) is 5. The maximum atomic E-state index is 12.7. The van der Waals surface area contributed by atoms with Gasteiger partial charge < -0.3 is 19.2 Å². The van der Waals surface area contributed by atoms with Crippen molar-refractivity contribution in [1.82, 2.24) is 19.4 Å².